The highest BCUT2D eigenvalue weighted by Gasteiger charge is 2.18. The van der Waals surface area contributed by atoms with Gasteiger partial charge in [0.05, 0.1) is 18.8 Å². The van der Waals surface area contributed by atoms with Crippen LogP contribution in [0.2, 0.25) is 0 Å². The Morgan fingerprint density at radius 3 is 0.853 bits per heavy atom. The Morgan fingerprint density at radius 1 is 0.338 bits per heavy atom. The maximum absolute atomic E-state index is 12.5. The van der Waals surface area contributed by atoms with Crippen LogP contribution in [0.15, 0.2) is 36.5 Å². The third kappa shape index (κ3) is 55.5. The van der Waals surface area contributed by atoms with E-state index in [0.29, 0.717) is 6.42 Å². The summed E-state index contributed by atoms with van der Waals surface area (Å²) < 4.78 is 0. The monoisotopic (exact) mass is 954 g/mol. The van der Waals surface area contributed by atoms with Gasteiger partial charge in [0, 0.05) is 6.42 Å². The van der Waals surface area contributed by atoms with Crippen molar-refractivity contribution in [2.75, 3.05) is 6.61 Å². The van der Waals surface area contributed by atoms with E-state index in [0.717, 1.165) is 32.1 Å². The van der Waals surface area contributed by atoms with E-state index in [1.165, 1.54) is 295 Å². The van der Waals surface area contributed by atoms with E-state index in [-0.39, 0.29) is 12.5 Å². The molecule has 3 N–H and O–H groups in total. The van der Waals surface area contributed by atoms with Gasteiger partial charge in [-0.25, -0.2) is 0 Å². The van der Waals surface area contributed by atoms with Crippen molar-refractivity contribution in [2.24, 2.45) is 0 Å². The maximum atomic E-state index is 12.5. The van der Waals surface area contributed by atoms with Crippen molar-refractivity contribution >= 4 is 5.91 Å². The molecule has 0 aliphatic carbocycles. The molecule has 0 spiro atoms. The molecule has 0 aliphatic heterocycles. The summed E-state index contributed by atoms with van der Waals surface area (Å²) in [5.41, 5.74) is 0. The van der Waals surface area contributed by atoms with Gasteiger partial charge in [-0.2, -0.15) is 0 Å². The predicted octanol–water partition coefficient (Wildman–Crippen LogP) is 20.8. The summed E-state index contributed by atoms with van der Waals surface area (Å²) >= 11 is 0. The van der Waals surface area contributed by atoms with Gasteiger partial charge in [-0.3, -0.25) is 4.79 Å². The fourth-order valence-electron chi connectivity index (χ4n) is 9.84. The fraction of sp³-hybridized carbons (Fsp3) is 0.891. The van der Waals surface area contributed by atoms with Crippen molar-refractivity contribution < 1.29 is 15.0 Å². The van der Waals surface area contributed by atoms with Crippen molar-refractivity contribution in [3.05, 3.63) is 36.5 Å². The molecule has 0 bridgehead atoms. The van der Waals surface area contributed by atoms with E-state index < -0.39 is 12.1 Å². The number of amides is 1. The second-order valence-electron chi connectivity index (χ2n) is 21.5. The summed E-state index contributed by atoms with van der Waals surface area (Å²) in [6.07, 6.45) is 82.0. The standard InChI is InChI=1S/C64H123NO3/c1-3-5-7-9-11-13-15-17-19-21-23-25-27-29-30-31-32-33-34-36-37-39-41-43-45-47-49-51-53-55-57-59-63(67)62(61-66)65-64(68)60-58-56-54-52-50-48-46-44-42-40-38-35-28-26-24-22-20-18-16-14-12-10-8-6-4-2/h22,24,49,51,57,59,62-63,66-67H,3-21,23,25-48,50,52-56,58,60-61H2,1-2H3,(H,65,68)/b24-22-,51-49+,59-57+. The van der Waals surface area contributed by atoms with Gasteiger partial charge in [-0.1, -0.05) is 320 Å². The average Bonchev–Trinajstić information content (AvgIpc) is 3.34. The van der Waals surface area contributed by atoms with Crippen LogP contribution < -0.4 is 5.32 Å². The minimum atomic E-state index is -0.863. The number of aliphatic hydroxyl groups is 2. The molecule has 0 fully saturated rings. The molecular formula is C64H123NO3. The van der Waals surface area contributed by atoms with Crippen LogP contribution in [-0.2, 0) is 4.79 Å². The van der Waals surface area contributed by atoms with Crippen molar-refractivity contribution in [1.82, 2.24) is 5.32 Å². The van der Waals surface area contributed by atoms with E-state index in [9.17, 15) is 15.0 Å². The average molecular weight is 955 g/mol. The number of hydrogen-bond acceptors (Lipinski definition) is 3. The predicted molar refractivity (Wildman–Crippen MR) is 304 cm³/mol. The molecule has 0 aromatic rings. The van der Waals surface area contributed by atoms with Crippen LogP contribution in [0.3, 0.4) is 0 Å². The minimum Gasteiger partial charge on any atom is -0.394 e. The van der Waals surface area contributed by atoms with Gasteiger partial charge in [-0.05, 0) is 57.8 Å². The zero-order chi connectivity index (χ0) is 49.2. The maximum Gasteiger partial charge on any atom is 0.220 e. The van der Waals surface area contributed by atoms with E-state index in [1.807, 2.05) is 6.08 Å². The summed E-state index contributed by atoms with van der Waals surface area (Å²) in [5.74, 6) is -0.0686. The first-order valence-electron chi connectivity index (χ1n) is 31.2. The Morgan fingerprint density at radius 2 is 0.574 bits per heavy atom. The summed E-state index contributed by atoms with van der Waals surface area (Å²) in [4.78, 5) is 12.5. The number of rotatable bonds is 58. The molecule has 4 heteroatoms. The molecule has 0 saturated heterocycles. The van der Waals surface area contributed by atoms with Gasteiger partial charge < -0.3 is 15.5 Å². The van der Waals surface area contributed by atoms with Gasteiger partial charge in [0.1, 0.15) is 0 Å². The van der Waals surface area contributed by atoms with Gasteiger partial charge in [0.15, 0.2) is 0 Å². The van der Waals surface area contributed by atoms with Crippen LogP contribution in [0.4, 0.5) is 0 Å². The SMILES string of the molecule is CCCCCCCCCC/C=C\CCCCCCCCCCCCCCCC(=O)NC(CO)C(O)/C=C/CC/C=C/CCCCCCCCCCCCCCCCCCCCCCCCCCC. The van der Waals surface area contributed by atoms with Gasteiger partial charge in [0.25, 0.3) is 0 Å². The molecule has 68 heavy (non-hydrogen) atoms. The molecule has 0 aliphatic rings. The molecule has 0 rings (SSSR count). The van der Waals surface area contributed by atoms with Crippen LogP contribution >= 0.6 is 0 Å². The molecule has 2 atom stereocenters. The lowest BCUT2D eigenvalue weighted by Crippen LogP contribution is -2.45. The first-order chi connectivity index (χ1) is 33.7. The zero-order valence-corrected chi connectivity index (χ0v) is 46.4. The molecule has 0 saturated carbocycles. The first kappa shape index (κ1) is 66.6. The third-order valence-electron chi connectivity index (χ3n) is 14.6. The van der Waals surface area contributed by atoms with Crippen molar-refractivity contribution in [2.45, 2.75) is 360 Å². The van der Waals surface area contributed by atoms with E-state index in [1.54, 1.807) is 6.08 Å². The molecule has 1 amide bonds. The highest BCUT2D eigenvalue weighted by atomic mass is 16.3. The minimum absolute atomic E-state index is 0.0686. The molecule has 402 valence electrons. The van der Waals surface area contributed by atoms with Gasteiger partial charge in [-0.15, -0.1) is 0 Å². The lowest BCUT2D eigenvalue weighted by atomic mass is 10.0. The number of hydrogen-bond donors (Lipinski definition) is 3. The number of aliphatic hydroxyl groups excluding tert-OH is 2. The molecule has 2 unspecified atom stereocenters. The normalized spacial score (nSPS) is 12.9. The number of carbonyl (C=O) groups excluding carboxylic acids is 1. The zero-order valence-electron chi connectivity index (χ0n) is 46.4. The molecule has 0 aromatic heterocycles. The summed E-state index contributed by atoms with van der Waals surface area (Å²) in [5, 5.41) is 23.2. The second-order valence-corrected chi connectivity index (χ2v) is 21.5. The van der Waals surface area contributed by atoms with Gasteiger partial charge >= 0.3 is 0 Å². The highest BCUT2D eigenvalue weighted by Crippen LogP contribution is 2.18. The Kier molecular flexibility index (Phi) is 58.7. The Bertz CT molecular complexity index is 1040. The first-order valence-corrected chi connectivity index (χ1v) is 31.2. The number of carbonyl (C=O) groups is 1. The topological polar surface area (TPSA) is 69.6 Å². The van der Waals surface area contributed by atoms with E-state index >= 15 is 0 Å². The third-order valence-corrected chi connectivity index (χ3v) is 14.6. The number of unbranched alkanes of at least 4 members (excludes halogenated alkanes) is 47. The van der Waals surface area contributed by atoms with Gasteiger partial charge in [0.2, 0.25) is 5.91 Å². The molecular weight excluding hydrogens is 831 g/mol. The number of nitrogens with one attached hydrogen (secondary N) is 1. The molecule has 4 nitrogen and oxygen atoms in total. The van der Waals surface area contributed by atoms with Crippen LogP contribution in [0, 0.1) is 0 Å². The Labute approximate surface area is 427 Å². The van der Waals surface area contributed by atoms with Crippen molar-refractivity contribution in [1.29, 1.82) is 0 Å². The van der Waals surface area contributed by atoms with E-state index in [2.05, 4.69) is 43.5 Å². The Hall–Kier alpha value is -1.39. The second kappa shape index (κ2) is 59.9. The summed E-state index contributed by atoms with van der Waals surface area (Å²) in [6.45, 7) is 4.34. The largest absolute Gasteiger partial charge is 0.394 e. The van der Waals surface area contributed by atoms with Crippen molar-refractivity contribution in [3.63, 3.8) is 0 Å². The van der Waals surface area contributed by atoms with Crippen LogP contribution in [0.25, 0.3) is 0 Å². The van der Waals surface area contributed by atoms with E-state index in [4.69, 9.17) is 0 Å². The highest BCUT2D eigenvalue weighted by molar-refractivity contribution is 5.76. The quantitative estimate of drug-likeness (QED) is 0.0420. The lowest BCUT2D eigenvalue weighted by molar-refractivity contribution is -0.123. The smallest absolute Gasteiger partial charge is 0.220 e. The number of allylic oxidation sites excluding steroid dienone is 5. The lowest BCUT2D eigenvalue weighted by Gasteiger charge is -2.19. The van der Waals surface area contributed by atoms with Crippen LogP contribution in [-0.4, -0.2) is 34.9 Å². The Balaban J connectivity index is 3.48. The molecule has 0 heterocycles. The molecule has 0 radical (unpaired) electrons. The summed E-state index contributed by atoms with van der Waals surface area (Å²) in [6, 6.07) is -0.640. The van der Waals surface area contributed by atoms with Crippen LogP contribution in [0.1, 0.15) is 348 Å². The fourth-order valence-corrected chi connectivity index (χ4v) is 9.84. The van der Waals surface area contributed by atoms with Crippen molar-refractivity contribution in [3.8, 4) is 0 Å². The van der Waals surface area contributed by atoms with Crippen LogP contribution in [0.5, 0.6) is 0 Å². The molecule has 0 aromatic carbocycles. The summed E-state index contributed by atoms with van der Waals surface area (Å²) in [7, 11) is 0.